The van der Waals surface area contributed by atoms with Crippen molar-refractivity contribution in [1.29, 1.82) is 0 Å². The van der Waals surface area contributed by atoms with Crippen molar-refractivity contribution in [3.63, 3.8) is 0 Å². The van der Waals surface area contributed by atoms with E-state index in [2.05, 4.69) is 61.2 Å². The fourth-order valence-electron chi connectivity index (χ4n) is 4.72. The van der Waals surface area contributed by atoms with E-state index in [1.165, 1.54) is 56.1 Å². The fraction of sp³-hybridized carbons (Fsp3) is 0.571. The molecule has 0 unspecified atom stereocenters. The average Bonchev–Trinajstić information content (AvgIpc) is 3.06. The number of rotatable bonds is 5. The van der Waals surface area contributed by atoms with Gasteiger partial charge in [0, 0.05) is 41.7 Å². The minimum absolute atomic E-state index is 0.176. The van der Waals surface area contributed by atoms with Crippen molar-refractivity contribution in [2.45, 2.75) is 51.1 Å². The SMILES string of the molecule is O=C(CCn1ccc2ccc(Br)cc21)NC[C@@H]1CCCN2CCCC[C@@H]12. The van der Waals surface area contributed by atoms with Crippen molar-refractivity contribution in [2.24, 2.45) is 5.92 Å². The molecule has 2 aliphatic heterocycles. The first-order valence-electron chi connectivity index (χ1n) is 9.96. The van der Waals surface area contributed by atoms with Crippen molar-refractivity contribution < 1.29 is 4.79 Å². The number of halogens is 1. The third-order valence-corrected chi connectivity index (χ3v) is 6.60. The Morgan fingerprint density at radius 1 is 1.15 bits per heavy atom. The first kappa shape index (κ1) is 18.1. The molecule has 0 aliphatic carbocycles. The summed E-state index contributed by atoms with van der Waals surface area (Å²) in [5.74, 6) is 0.811. The van der Waals surface area contributed by atoms with Gasteiger partial charge in [-0.1, -0.05) is 28.4 Å². The first-order valence-corrected chi connectivity index (χ1v) is 10.8. The Morgan fingerprint density at radius 3 is 2.96 bits per heavy atom. The number of aryl methyl sites for hydroxylation is 1. The summed E-state index contributed by atoms with van der Waals surface area (Å²) in [6, 6.07) is 9.09. The van der Waals surface area contributed by atoms with Crippen LogP contribution in [0.5, 0.6) is 0 Å². The molecule has 3 heterocycles. The van der Waals surface area contributed by atoms with Crippen molar-refractivity contribution in [1.82, 2.24) is 14.8 Å². The number of nitrogens with zero attached hydrogens (tertiary/aromatic N) is 2. The van der Waals surface area contributed by atoms with Gasteiger partial charge >= 0.3 is 0 Å². The lowest BCUT2D eigenvalue weighted by atomic mass is 9.83. The highest BCUT2D eigenvalue weighted by molar-refractivity contribution is 9.10. The lowest BCUT2D eigenvalue weighted by molar-refractivity contribution is -0.121. The Labute approximate surface area is 164 Å². The number of carbonyl (C=O) groups excluding carboxylic acids is 1. The van der Waals surface area contributed by atoms with Crippen LogP contribution in [0.4, 0.5) is 0 Å². The summed E-state index contributed by atoms with van der Waals surface area (Å²) in [5, 5.41) is 4.44. The van der Waals surface area contributed by atoms with Gasteiger partial charge in [-0.15, -0.1) is 0 Å². The second-order valence-corrected chi connectivity index (χ2v) is 8.68. The lowest BCUT2D eigenvalue weighted by Crippen LogP contribution is -2.51. The van der Waals surface area contributed by atoms with E-state index >= 15 is 0 Å². The molecule has 1 aromatic carbocycles. The molecule has 140 valence electrons. The standard InChI is InChI=1S/C21H28BrN3O/c22-18-7-6-16-8-12-25(20(16)14-18)13-9-21(26)23-15-17-4-3-11-24-10-2-1-5-19(17)24/h6-8,12,14,17,19H,1-5,9-11,13,15H2,(H,23,26)/t17-,19-/m0/s1. The number of fused-ring (bicyclic) bond motifs is 2. The Bertz CT molecular complexity index is 770. The molecule has 0 radical (unpaired) electrons. The van der Waals surface area contributed by atoms with Crippen LogP contribution in [0.25, 0.3) is 10.9 Å². The zero-order valence-corrected chi connectivity index (χ0v) is 16.9. The van der Waals surface area contributed by atoms with Gasteiger partial charge in [0.15, 0.2) is 0 Å². The van der Waals surface area contributed by atoms with Crippen LogP contribution in [-0.2, 0) is 11.3 Å². The Hall–Kier alpha value is -1.33. The number of piperidine rings is 2. The molecule has 1 aromatic heterocycles. The number of nitrogens with one attached hydrogen (secondary N) is 1. The predicted octanol–water partition coefficient (Wildman–Crippen LogP) is 4.17. The van der Waals surface area contributed by atoms with Crippen LogP contribution in [0.3, 0.4) is 0 Å². The van der Waals surface area contributed by atoms with Crippen molar-refractivity contribution in [3.8, 4) is 0 Å². The summed E-state index contributed by atoms with van der Waals surface area (Å²) < 4.78 is 3.24. The molecule has 5 heteroatoms. The van der Waals surface area contributed by atoms with Crippen LogP contribution in [0.1, 0.15) is 38.5 Å². The topological polar surface area (TPSA) is 37.3 Å². The van der Waals surface area contributed by atoms with E-state index in [9.17, 15) is 4.79 Å². The van der Waals surface area contributed by atoms with E-state index in [0.29, 0.717) is 18.4 Å². The number of hydrogen-bond acceptors (Lipinski definition) is 2. The van der Waals surface area contributed by atoms with Gasteiger partial charge in [0.1, 0.15) is 0 Å². The van der Waals surface area contributed by atoms with Crippen LogP contribution in [0.2, 0.25) is 0 Å². The van der Waals surface area contributed by atoms with Gasteiger partial charge in [0.05, 0.1) is 0 Å². The van der Waals surface area contributed by atoms with Crippen molar-refractivity contribution >= 4 is 32.7 Å². The molecule has 26 heavy (non-hydrogen) atoms. The summed E-state index contributed by atoms with van der Waals surface area (Å²) in [4.78, 5) is 15.1. The molecule has 4 rings (SSSR count). The molecule has 2 fully saturated rings. The van der Waals surface area contributed by atoms with Gasteiger partial charge in [-0.2, -0.15) is 0 Å². The van der Waals surface area contributed by atoms with Gasteiger partial charge in [0.2, 0.25) is 5.91 Å². The van der Waals surface area contributed by atoms with E-state index in [-0.39, 0.29) is 5.91 Å². The summed E-state index contributed by atoms with van der Waals surface area (Å²) in [6.07, 6.45) is 9.16. The van der Waals surface area contributed by atoms with Crippen LogP contribution in [0.15, 0.2) is 34.9 Å². The maximum Gasteiger partial charge on any atom is 0.221 e. The maximum atomic E-state index is 12.4. The number of carbonyl (C=O) groups is 1. The normalized spacial score (nSPS) is 23.7. The molecule has 0 saturated carbocycles. The zero-order valence-electron chi connectivity index (χ0n) is 15.3. The molecule has 0 spiro atoms. The van der Waals surface area contributed by atoms with Gasteiger partial charge in [-0.3, -0.25) is 4.79 Å². The Kier molecular flexibility index (Phi) is 5.65. The van der Waals surface area contributed by atoms with Gasteiger partial charge < -0.3 is 14.8 Å². The average molecular weight is 418 g/mol. The minimum Gasteiger partial charge on any atom is -0.356 e. The third-order valence-electron chi connectivity index (χ3n) is 6.11. The van der Waals surface area contributed by atoms with E-state index in [4.69, 9.17) is 0 Å². The second kappa shape index (κ2) is 8.13. The molecule has 1 N–H and O–H groups in total. The Balaban J connectivity index is 1.29. The monoisotopic (exact) mass is 417 g/mol. The quantitative estimate of drug-likeness (QED) is 0.791. The molecule has 4 nitrogen and oxygen atoms in total. The Morgan fingerprint density at radius 2 is 2.04 bits per heavy atom. The van der Waals surface area contributed by atoms with E-state index in [1.54, 1.807) is 0 Å². The largest absolute Gasteiger partial charge is 0.356 e. The number of aromatic nitrogens is 1. The van der Waals surface area contributed by atoms with Crippen LogP contribution < -0.4 is 5.32 Å². The minimum atomic E-state index is 0.176. The highest BCUT2D eigenvalue weighted by Gasteiger charge is 2.32. The number of benzene rings is 1. The second-order valence-electron chi connectivity index (χ2n) is 7.77. The zero-order chi connectivity index (χ0) is 17.9. The third kappa shape index (κ3) is 3.99. The fourth-order valence-corrected chi connectivity index (χ4v) is 5.07. The molecule has 2 saturated heterocycles. The van der Waals surface area contributed by atoms with E-state index in [1.807, 2.05) is 0 Å². The smallest absolute Gasteiger partial charge is 0.221 e. The molecular formula is C21H28BrN3O. The van der Waals surface area contributed by atoms with Gasteiger partial charge in [0.25, 0.3) is 0 Å². The molecule has 2 aromatic rings. The molecule has 0 bridgehead atoms. The van der Waals surface area contributed by atoms with Crippen molar-refractivity contribution in [2.75, 3.05) is 19.6 Å². The van der Waals surface area contributed by atoms with Crippen LogP contribution in [0, 0.1) is 5.92 Å². The summed E-state index contributed by atoms with van der Waals surface area (Å²) in [7, 11) is 0. The maximum absolute atomic E-state index is 12.4. The number of hydrogen-bond donors (Lipinski definition) is 1. The summed E-state index contributed by atoms with van der Waals surface area (Å²) >= 11 is 3.53. The van der Waals surface area contributed by atoms with Crippen molar-refractivity contribution in [3.05, 3.63) is 34.9 Å². The summed E-state index contributed by atoms with van der Waals surface area (Å²) in [6.45, 7) is 4.08. The molecular weight excluding hydrogens is 390 g/mol. The molecule has 2 aliphatic rings. The molecule has 1 amide bonds. The molecule has 2 atom stereocenters. The van der Waals surface area contributed by atoms with E-state index in [0.717, 1.165) is 17.6 Å². The van der Waals surface area contributed by atoms with E-state index < -0.39 is 0 Å². The summed E-state index contributed by atoms with van der Waals surface area (Å²) in [5.41, 5.74) is 1.18. The highest BCUT2D eigenvalue weighted by Crippen LogP contribution is 2.30. The predicted molar refractivity (Wildman–Crippen MR) is 109 cm³/mol. The van der Waals surface area contributed by atoms with Gasteiger partial charge in [-0.25, -0.2) is 0 Å². The van der Waals surface area contributed by atoms with Gasteiger partial charge in [-0.05, 0) is 68.3 Å². The first-order chi connectivity index (χ1) is 12.7. The lowest BCUT2D eigenvalue weighted by Gasteiger charge is -2.44. The van der Waals surface area contributed by atoms with Crippen LogP contribution >= 0.6 is 15.9 Å². The van der Waals surface area contributed by atoms with Crippen LogP contribution in [-0.4, -0.2) is 41.1 Å². The highest BCUT2D eigenvalue weighted by atomic mass is 79.9. The number of amides is 1.